The maximum absolute atomic E-state index is 5.21. The molecule has 0 atom stereocenters. The summed E-state index contributed by atoms with van der Waals surface area (Å²) in [5, 5.41) is 2.91. The van der Waals surface area contributed by atoms with Crippen LogP contribution in [-0.2, 0) is 0 Å². The lowest BCUT2D eigenvalue weighted by atomic mass is 10.1. The molecule has 0 radical (unpaired) electrons. The predicted octanol–water partition coefficient (Wildman–Crippen LogP) is 0.548. The molecule has 0 aromatic heterocycles. The quantitative estimate of drug-likeness (QED) is 0.330. The molecule has 0 aliphatic carbocycles. The normalized spacial score (nSPS) is 13.5. The van der Waals surface area contributed by atoms with Crippen molar-refractivity contribution in [3.63, 3.8) is 0 Å². The van der Waals surface area contributed by atoms with Crippen LogP contribution in [0.15, 0.2) is 29.0 Å². The zero-order valence-corrected chi connectivity index (χ0v) is 8.46. The molecule has 4 N–H and O–H groups in total. The fourth-order valence-electron chi connectivity index (χ4n) is 0.945. The Hall–Kier alpha value is -1.29. The van der Waals surface area contributed by atoms with E-state index < -0.39 is 0 Å². The second kappa shape index (κ2) is 7.36. The molecule has 0 heterocycles. The lowest BCUT2D eigenvalue weighted by Crippen LogP contribution is -2.16. The van der Waals surface area contributed by atoms with Crippen molar-refractivity contribution in [2.24, 2.45) is 10.8 Å². The lowest BCUT2D eigenvalue weighted by molar-refractivity contribution is 0.945. The van der Waals surface area contributed by atoms with E-state index in [1.807, 2.05) is 19.3 Å². The molecule has 0 aliphatic heterocycles. The number of nitrogens with two attached hydrogens (primary N) is 1. The first-order chi connectivity index (χ1) is 6.29. The Bertz CT molecular complexity index is 216. The second-order valence-corrected chi connectivity index (χ2v) is 2.42. The molecule has 0 saturated carbocycles. The third kappa shape index (κ3) is 4.32. The third-order valence-electron chi connectivity index (χ3n) is 1.62. The van der Waals surface area contributed by atoms with E-state index in [1.165, 1.54) is 0 Å². The fourth-order valence-corrected chi connectivity index (χ4v) is 0.945. The lowest BCUT2D eigenvalue weighted by Gasteiger charge is -2.03. The van der Waals surface area contributed by atoms with Gasteiger partial charge in [-0.15, -0.1) is 0 Å². The molecule has 0 aromatic rings. The highest BCUT2D eigenvalue weighted by Gasteiger charge is 1.98. The monoisotopic (exact) mass is 182 g/mol. The van der Waals surface area contributed by atoms with Crippen LogP contribution in [0.5, 0.6) is 0 Å². The van der Waals surface area contributed by atoms with Gasteiger partial charge in [0, 0.05) is 20.3 Å². The van der Waals surface area contributed by atoms with Crippen LogP contribution in [0.4, 0.5) is 0 Å². The molecule has 0 unspecified atom stereocenters. The maximum atomic E-state index is 5.21. The first-order valence-electron chi connectivity index (χ1n) is 4.26. The van der Waals surface area contributed by atoms with Gasteiger partial charge in [-0.3, -0.25) is 10.8 Å². The number of rotatable bonds is 5. The van der Waals surface area contributed by atoms with Gasteiger partial charge in [-0.1, -0.05) is 6.92 Å². The Balaban J connectivity index is 4.55. The number of nitrogens with zero attached hydrogens (tertiary/aromatic N) is 1. The van der Waals surface area contributed by atoms with Gasteiger partial charge in [0.2, 0.25) is 0 Å². The van der Waals surface area contributed by atoms with E-state index in [9.17, 15) is 0 Å². The average Bonchev–Trinajstić information content (AvgIpc) is 2.17. The van der Waals surface area contributed by atoms with Crippen molar-refractivity contribution < 1.29 is 0 Å². The number of hydrazine groups is 1. The smallest absolute Gasteiger partial charge is 0.0631 e. The molecular weight excluding hydrogens is 164 g/mol. The summed E-state index contributed by atoms with van der Waals surface area (Å²) in [5.74, 6) is 5.21. The number of aliphatic imine (C=N–C) groups is 1. The molecule has 0 fully saturated rings. The van der Waals surface area contributed by atoms with Gasteiger partial charge < -0.3 is 10.7 Å². The van der Waals surface area contributed by atoms with Gasteiger partial charge >= 0.3 is 0 Å². The van der Waals surface area contributed by atoms with Crippen molar-refractivity contribution in [3.05, 3.63) is 24.0 Å². The van der Waals surface area contributed by atoms with Crippen LogP contribution in [0.3, 0.4) is 0 Å². The molecule has 0 bridgehead atoms. The minimum absolute atomic E-state index is 0.894. The molecule has 0 amide bonds. The van der Waals surface area contributed by atoms with E-state index in [1.54, 1.807) is 13.2 Å². The average molecular weight is 182 g/mol. The molecule has 74 valence electrons. The molecule has 0 aliphatic rings. The molecular formula is C9H18N4. The van der Waals surface area contributed by atoms with Crippen molar-refractivity contribution >= 4 is 5.71 Å². The summed E-state index contributed by atoms with van der Waals surface area (Å²) in [6.45, 7) is 2.06. The molecule has 13 heavy (non-hydrogen) atoms. The summed E-state index contributed by atoms with van der Waals surface area (Å²) in [7, 11) is 3.61. The summed E-state index contributed by atoms with van der Waals surface area (Å²) in [5.41, 5.74) is 4.52. The van der Waals surface area contributed by atoms with Crippen molar-refractivity contribution in [1.82, 2.24) is 10.7 Å². The van der Waals surface area contributed by atoms with E-state index >= 15 is 0 Å². The molecule has 4 heteroatoms. The molecule has 4 nitrogen and oxygen atoms in total. The van der Waals surface area contributed by atoms with Crippen LogP contribution in [0.1, 0.15) is 13.3 Å². The summed E-state index contributed by atoms with van der Waals surface area (Å²) in [4.78, 5) is 4.14. The number of allylic oxidation sites excluding steroid dienone is 2. The molecule has 0 spiro atoms. The Morgan fingerprint density at radius 2 is 2.23 bits per heavy atom. The Labute approximate surface area is 79.6 Å². The summed E-state index contributed by atoms with van der Waals surface area (Å²) >= 11 is 0. The van der Waals surface area contributed by atoms with E-state index in [4.69, 9.17) is 5.84 Å². The van der Waals surface area contributed by atoms with Crippen LogP contribution in [0, 0.1) is 0 Å². The largest absolute Gasteiger partial charge is 0.394 e. The summed E-state index contributed by atoms with van der Waals surface area (Å²) in [6.07, 6.45) is 6.39. The van der Waals surface area contributed by atoms with E-state index in [0.29, 0.717) is 0 Å². The van der Waals surface area contributed by atoms with Gasteiger partial charge in [0.15, 0.2) is 0 Å². The minimum atomic E-state index is 0.894. The van der Waals surface area contributed by atoms with Gasteiger partial charge in [-0.05, 0) is 24.3 Å². The van der Waals surface area contributed by atoms with Gasteiger partial charge in [0.25, 0.3) is 0 Å². The van der Waals surface area contributed by atoms with Gasteiger partial charge in [-0.2, -0.15) is 0 Å². The Kier molecular flexibility index (Phi) is 6.63. The van der Waals surface area contributed by atoms with E-state index in [2.05, 4.69) is 22.7 Å². The van der Waals surface area contributed by atoms with Gasteiger partial charge in [0.1, 0.15) is 0 Å². The van der Waals surface area contributed by atoms with Crippen LogP contribution in [0.25, 0.3) is 0 Å². The van der Waals surface area contributed by atoms with E-state index in [0.717, 1.165) is 17.7 Å². The van der Waals surface area contributed by atoms with Crippen molar-refractivity contribution in [2.75, 3.05) is 14.1 Å². The Morgan fingerprint density at radius 1 is 1.54 bits per heavy atom. The second-order valence-electron chi connectivity index (χ2n) is 2.42. The molecule has 0 saturated heterocycles. The fraction of sp³-hybridized carbons (Fsp3) is 0.444. The zero-order chi connectivity index (χ0) is 10.1. The zero-order valence-electron chi connectivity index (χ0n) is 8.46. The predicted molar refractivity (Wildman–Crippen MR) is 57.3 cm³/mol. The minimum Gasteiger partial charge on any atom is -0.394 e. The number of nitrogens with one attached hydrogen (secondary N) is 2. The van der Waals surface area contributed by atoms with Crippen LogP contribution in [-0.4, -0.2) is 19.8 Å². The van der Waals surface area contributed by atoms with Crippen LogP contribution in [0.2, 0.25) is 0 Å². The van der Waals surface area contributed by atoms with Crippen molar-refractivity contribution in [1.29, 1.82) is 0 Å². The SMILES string of the molecule is CCC(=C\NN)/C(/C=C\NC)=N/C. The highest BCUT2D eigenvalue weighted by atomic mass is 15.2. The van der Waals surface area contributed by atoms with Crippen LogP contribution < -0.4 is 16.6 Å². The first-order valence-corrected chi connectivity index (χ1v) is 4.26. The third-order valence-corrected chi connectivity index (χ3v) is 1.62. The molecule has 0 rings (SSSR count). The maximum Gasteiger partial charge on any atom is 0.0631 e. The number of hydrogen-bond acceptors (Lipinski definition) is 4. The molecule has 0 aromatic carbocycles. The number of hydrogen-bond donors (Lipinski definition) is 3. The first kappa shape index (κ1) is 11.7. The summed E-state index contributed by atoms with van der Waals surface area (Å²) in [6, 6.07) is 0. The van der Waals surface area contributed by atoms with Crippen LogP contribution >= 0.6 is 0 Å². The Morgan fingerprint density at radius 3 is 2.62 bits per heavy atom. The summed E-state index contributed by atoms with van der Waals surface area (Å²) < 4.78 is 0. The van der Waals surface area contributed by atoms with Crippen molar-refractivity contribution in [2.45, 2.75) is 13.3 Å². The van der Waals surface area contributed by atoms with Crippen molar-refractivity contribution in [3.8, 4) is 0 Å². The standard InChI is InChI=1S/C9H18N4/c1-4-8(7-13-10)9(12-3)5-6-11-2/h5-7,11,13H,4,10H2,1-3H3/b6-5-,8-7+,12-9+. The topological polar surface area (TPSA) is 62.4 Å². The highest BCUT2D eigenvalue weighted by molar-refractivity contribution is 6.08. The van der Waals surface area contributed by atoms with Gasteiger partial charge in [-0.25, -0.2) is 0 Å². The van der Waals surface area contributed by atoms with Gasteiger partial charge in [0.05, 0.1) is 5.71 Å². The van der Waals surface area contributed by atoms with E-state index in [-0.39, 0.29) is 0 Å². The highest BCUT2D eigenvalue weighted by Crippen LogP contribution is 2.03.